The SMILES string of the molecule is Cc1nn(-c2ccccc2)c(C)c1CC(=O)Nc1ccc(CC#N)cc1. The van der Waals surface area contributed by atoms with Crippen molar-refractivity contribution in [2.24, 2.45) is 0 Å². The zero-order valence-corrected chi connectivity index (χ0v) is 14.9. The number of rotatable bonds is 5. The summed E-state index contributed by atoms with van der Waals surface area (Å²) in [6.45, 7) is 3.90. The van der Waals surface area contributed by atoms with Crippen molar-refractivity contribution < 1.29 is 4.79 Å². The first-order chi connectivity index (χ1) is 12.6. The van der Waals surface area contributed by atoms with Crippen LogP contribution in [0.5, 0.6) is 0 Å². The first kappa shape index (κ1) is 17.4. The molecule has 0 saturated heterocycles. The summed E-state index contributed by atoms with van der Waals surface area (Å²) in [7, 11) is 0. The van der Waals surface area contributed by atoms with E-state index in [1.807, 2.05) is 73.1 Å². The molecule has 0 atom stereocenters. The fourth-order valence-corrected chi connectivity index (χ4v) is 2.91. The van der Waals surface area contributed by atoms with Crippen molar-refractivity contribution in [1.29, 1.82) is 5.26 Å². The summed E-state index contributed by atoms with van der Waals surface area (Å²) < 4.78 is 1.87. The Morgan fingerprint density at radius 1 is 1.12 bits per heavy atom. The molecule has 130 valence electrons. The van der Waals surface area contributed by atoms with Crippen LogP contribution in [0.25, 0.3) is 5.69 Å². The molecule has 0 aliphatic carbocycles. The number of anilines is 1. The zero-order valence-electron chi connectivity index (χ0n) is 14.9. The lowest BCUT2D eigenvalue weighted by atomic mass is 10.1. The van der Waals surface area contributed by atoms with Crippen molar-refractivity contribution in [2.45, 2.75) is 26.7 Å². The number of hydrogen-bond acceptors (Lipinski definition) is 3. The van der Waals surface area contributed by atoms with Crippen LogP contribution in [0, 0.1) is 25.2 Å². The van der Waals surface area contributed by atoms with Gasteiger partial charge in [-0.15, -0.1) is 0 Å². The second-order valence-electron chi connectivity index (χ2n) is 6.15. The Hall–Kier alpha value is -3.39. The molecule has 1 heterocycles. The average molecular weight is 344 g/mol. The van der Waals surface area contributed by atoms with Crippen LogP contribution in [-0.2, 0) is 17.6 Å². The van der Waals surface area contributed by atoms with Crippen LogP contribution in [0.3, 0.4) is 0 Å². The molecular formula is C21H20N4O. The lowest BCUT2D eigenvalue weighted by molar-refractivity contribution is -0.115. The van der Waals surface area contributed by atoms with Gasteiger partial charge in [0.25, 0.3) is 0 Å². The summed E-state index contributed by atoms with van der Waals surface area (Å²) in [6, 6.07) is 19.3. The molecule has 3 rings (SSSR count). The lowest BCUT2D eigenvalue weighted by Crippen LogP contribution is -2.15. The fraction of sp³-hybridized carbons (Fsp3) is 0.190. The standard InChI is InChI=1S/C21H20N4O/c1-15-20(16(2)25(24-15)19-6-4-3-5-7-19)14-21(26)23-18-10-8-17(9-11-18)12-13-22/h3-11H,12,14H2,1-2H3,(H,23,26). The molecule has 0 spiro atoms. The largest absolute Gasteiger partial charge is 0.326 e. The third-order valence-corrected chi connectivity index (χ3v) is 4.30. The van der Waals surface area contributed by atoms with E-state index in [1.165, 1.54) is 0 Å². The Balaban J connectivity index is 1.73. The van der Waals surface area contributed by atoms with E-state index in [-0.39, 0.29) is 12.3 Å². The second-order valence-corrected chi connectivity index (χ2v) is 6.15. The summed E-state index contributed by atoms with van der Waals surface area (Å²) in [5.74, 6) is -0.0863. The minimum atomic E-state index is -0.0863. The van der Waals surface area contributed by atoms with Gasteiger partial charge in [-0.05, 0) is 43.7 Å². The van der Waals surface area contributed by atoms with Gasteiger partial charge in [0.1, 0.15) is 0 Å². The topological polar surface area (TPSA) is 70.7 Å². The second kappa shape index (κ2) is 7.66. The molecule has 0 aliphatic heterocycles. The quantitative estimate of drug-likeness (QED) is 0.766. The highest BCUT2D eigenvalue weighted by Crippen LogP contribution is 2.19. The van der Waals surface area contributed by atoms with Gasteiger partial charge in [0.15, 0.2) is 0 Å². The molecule has 0 radical (unpaired) electrons. The molecule has 0 bridgehead atoms. The summed E-state index contributed by atoms with van der Waals surface area (Å²) in [6.07, 6.45) is 0.635. The number of carbonyl (C=O) groups is 1. The third kappa shape index (κ3) is 3.81. The molecule has 3 aromatic rings. The average Bonchev–Trinajstić information content (AvgIpc) is 2.92. The van der Waals surface area contributed by atoms with Gasteiger partial charge in [-0.3, -0.25) is 4.79 Å². The summed E-state index contributed by atoms with van der Waals surface area (Å²) >= 11 is 0. The number of benzene rings is 2. The van der Waals surface area contributed by atoms with Crippen molar-refractivity contribution in [3.8, 4) is 11.8 Å². The number of nitriles is 1. The van der Waals surface area contributed by atoms with Gasteiger partial charge in [0.2, 0.25) is 5.91 Å². The van der Waals surface area contributed by atoms with Gasteiger partial charge in [0.05, 0.1) is 30.3 Å². The normalized spacial score (nSPS) is 10.3. The van der Waals surface area contributed by atoms with Crippen molar-refractivity contribution in [1.82, 2.24) is 9.78 Å². The maximum atomic E-state index is 12.4. The van der Waals surface area contributed by atoms with E-state index >= 15 is 0 Å². The van der Waals surface area contributed by atoms with Gasteiger partial charge in [-0.2, -0.15) is 10.4 Å². The van der Waals surface area contributed by atoms with Crippen LogP contribution in [-0.4, -0.2) is 15.7 Å². The summed E-state index contributed by atoms with van der Waals surface area (Å²) in [5.41, 5.74) is 5.39. The maximum Gasteiger partial charge on any atom is 0.228 e. The van der Waals surface area contributed by atoms with E-state index in [0.717, 1.165) is 33.9 Å². The molecule has 0 aliphatic rings. The fourth-order valence-electron chi connectivity index (χ4n) is 2.91. The highest BCUT2D eigenvalue weighted by Gasteiger charge is 2.16. The smallest absolute Gasteiger partial charge is 0.228 e. The van der Waals surface area contributed by atoms with Crippen LogP contribution >= 0.6 is 0 Å². The van der Waals surface area contributed by atoms with Gasteiger partial charge < -0.3 is 5.32 Å². The molecule has 0 unspecified atom stereocenters. The predicted molar refractivity (Wildman–Crippen MR) is 101 cm³/mol. The zero-order chi connectivity index (χ0) is 18.5. The molecule has 0 saturated carbocycles. The van der Waals surface area contributed by atoms with E-state index in [9.17, 15) is 4.79 Å². The predicted octanol–water partition coefficient (Wildman–Crippen LogP) is 3.74. The van der Waals surface area contributed by atoms with Crippen molar-refractivity contribution >= 4 is 11.6 Å². The van der Waals surface area contributed by atoms with Crippen molar-refractivity contribution in [2.75, 3.05) is 5.32 Å². The summed E-state index contributed by atoms with van der Waals surface area (Å²) in [4.78, 5) is 12.4. The number of para-hydroxylation sites is 1. The van der Waals surface area contributed by atoms with Gasteiger partial charge in [-0.25, -0.2) is 4.68 Å². The number of aromatic nitrogens is 2. The molecule has 1 N–H and O–H groups in total. The first-order valence-corrected chi connectivity index (χ1v) is 8.44. The molecule has 1 amide bonds. The minimum Gasteiger partial charge on any atom is -0.326 e. The van der Waals surface area contributed by atoms with E-state index in [1.54, 1.807) is 0 Å². The van der Waals surface area contributed by atoms with E-state index in [2.05, 4.69) is 16.5 Å². The highest BCUT2D eigenvalue weighted by molar-refractivity contribution is 5.92. The van der Waals surface area contributed by atoms with Crippen LogP contribution < -0.4 is 5.32 Å². The molecule has 2 aromatic carbocycles. The lowest BCUT2D eigenvalue weighted by Gasteiger charge is -2.07. The Bertz CT molecular complexity index is 950. The Morgan fingerprint density at radius 3 is 2.46 bits per heavy atom. The molecule has 0 fully saturated rings. The third-order valence-electron chi connectivity index (χ3n) is 4.30. The number of amides is 1. The molecular weight excluding hydrogens is 324 g/mol. The molecule has 5 nitrogen and oxygen atoms in total. The Labute approximate surface area is 152 Å². The number of carbonyl (C=O) groups excluding carboxylic acids is 1. The van der Waals surface area contributed by atoms with E-state index in [0.29, 0.717) is 6.42 Å². The van der Waals surface area contributed by atoms with Gasteiger partial charge >= 0.3 is 0 Å². The van der Waals surface area contributed by atoms with Crippen molar-refractivity contribution in [3.05, 3.63) is 77.1 Å². The van der Waals surface area contributed by atoms with Crippen LogP contribution in [0.15, 0.2) is 54.6 Å². The maximum absolute atomic E-state index is 12.4. The van der Waals surface area contributed by atoms with Gasteiger partial charge in [0, 0.05) is 16.9 Å². The van der Waals surface area contributed by atoms with Gasteiger partial charge in [-0.1, -0.05) is 30.3 Å². The van der Waals surface area contributed by atoms with Crippen LogP contribution in [0.2, 0.25) is 0 Å². The molecule has 1 aromatic heterocycles. The monoisotopic (exact) mass is 344 g/mol. The highest BCUT2D eigenvalue weighted by atomic mass is 16.1. The first-order valence-electron chi connectivity index (χ1n) is 8.44. The molecule has 5 heteroatoms. The summed E-state index contributed by atoms with van der Waals surface area (Å²) in [5, 5.41) is 16.2. The Morgan fingerprint density at radius 2 is 1.81 bits per heavy atom. The Kier molecular flexibility index (Phi) is 5.14. The molecule has 26 heavy (non-hydrogen) atoms. The minimum absolute atomic E-state index is 0.0863. The van der Waals surface area contributed by atoms with E-state index < -0.39 is 0 Å². The number of hydrogen-bond donors (Lipinski definition) is 1. The van der Waals surface area contributed by atoms with Crippen molar-refractivity contribution in [3.63, 3.8) is 0 Å². The number of nitrogens with one attached hydrogen (secondary N) is 1. The van der Waals surface area contributed by atoms with Crippen LogP contribution in [0.4, 0.5) is 5.69 Å². The van der Waals surface area contributed by atoms with Crippen LogP contribution in [0.1, 0.15) is 22.5 Å². The number of nitrogens with zero attached hydrogens (tertiary/aromatic N) is 3. The number of aryl methyl sites for hydroxylation is 1. The van der Waals surface area contributed by atoms with E-state index in [4.69, 9.17) is 5.26 Å².